The molecule has 6 heteroatoms. The Balaban J connectivity index is 1.49. The summed E-state index contributed by atoms with van der Waals surface area (Å²) in [5, 5.41) is 0. The van der Waals surface area contributed by atoms with E-state index in [-0.39, 0.29) is 23.4 Å². The number of rotatable bonds is 13. The molecule has 0 bridgehead atoms. The zero-order valence-electron chi connectivity index (χ0n) is 26.5. The standard InChI is InChI=1S/C37H47NO5/c1-37(2,3)31-15-10-12-27(24-31)26-43-34-17-7-6-13-28(34)21-23-38(22-9-8-18-35(39)41-4)33-16-11-14-29-25-30(36(40)42-5)19-20-32(29)33/h6-7,10,12-13,15,17,19-20,24-25,33H,8-9,11,14,16,18,21-23,26H2,1-5H3. The summed E-state index contributed by atoms with van der Waals surface area (Å²) < 4.78 is 16.2. The Kier molecular flexibility index (Phi) is 11.4. The molecule has 0 aromatic heterocycles. The Labute approximate surface area is 257 Å². The lowest BCUT2D eigenvalue weighted by Gasteiger charge is -2.36. The second-order valence-electron chi connectivity index (χ2n) is 12.5. The molecule has 3 aromatic rings. The SMILES string of the molecule is COC(=O)CCCCN(CCc1ccccc1OCc1cccc(C(C)(C)C)c1)C1CCCc2cc(C(=O)OC)ccc21. The molecule has 4 rings (SSSR count). The molecule has 1 aliphatic carbocycles. The maximum atomic E-state index is 12.2. The molecule has 0 spiro atoms. The van der Waals surface area contributed by atoms with Crippen molar-refractivity contribution in [3.05, 3.63) is 100 Å². The molecule has 0 aliphatic heterocycles. The largest absolute Gasteiger partial charge is 0.489 e. The van der Waals surface area contributed by atoms with E-state index in [4.69, 9.17) is 14.2 Å². The Bertz CT molecular complexity index is 1380. The van der Waals surface area contributed by atoms with E-state index in [9.17, 15) is 9.59 Å². The predicted molar refractivity (Wildman–Crippen MR) is 171 cm³/mol. The lowest BCUT2D eigenvalue weighted by molar-refractivity contribution is -0.140. The third kappa shape index (κ3) is 8.93. The van der Waals surface area contributed by atoms with Gasteiger partial charge < -0.3 is 14.2 Å². The average Bonchev–Trinajstić information content (AvgIpc) is 3.02. The minimum Gasteiger partial charge on any atom is -0.489 e. The summed E-state index contributed by atoms with van der Waals surface area (Å²) >= 11 is 0. The van der Waals surface area contributed by atoms with Crippen LogP contribution in [0.15, 0.2) is 66.7 Å². The van der Waals surface area contributed by atoms with Gasteiger partial charge in [-0.25, -0.2) is 4.79 Å². The highest BCUT2D eigenvalue weighted by Gasteiger charge is 2.27. The van der Waals surface area contributed by atoms with Gasteiger partial charge in [0.1, 0.15) is 12.4 Å². The molecule has 0 amide bonds. The van der Waals surface area contributed by atoms with Gasteiger partial charge >= 0.3 is 11.9 Å². The summed E-state index contributed by atoms with van der Waals surface area (Å²) in [4.78, 5) is 26.5. The summed E-state index contributed by atoms with van der Waals surface area (Å²) in [6.45, 7) is 8.95. The number of para-hydroxylation sites is 1. The van der Waals surface area contributed by atoms with Crippen LogP contribution in [0.2, 0.25) is 0 Å². The smallest absolute Gasteiger partial charge is 0.337 e. The van der Waals surface area contributed by atoms with Crippen molar-refractivity contribution in [1.82, 2.24) is 4.90 Å². The summed E-state index contributed by atoms with van der Waals surface area (Å²) in [6, 6.07) is 23.2. The van der Waals surface area contributed by atoms with Gasteiger partial charge in [-0.3, -0.25) is 9.69 Å². The van der Waals surface area contributed by atoms with Crippen molar-refractivity contribution in [2.45, 2.75) is 83.8 Å². The fraction of sp³-hybridized carbons (Fsp3) is 0.459. The van der Waals surface area contributed by atoms with Crippen LogP contribution in [0.5, 0.6) is 5.75 Å². The van der Waals surface area contributed by atoms with Crippen LogP contribution < -0.4 is 4.74 Å². The van der Waals surface area contributed by atoms with Crippen molar-refractivity contribution >= 4 is 11.9 Å². The lowest BCUT2D eigenvalue weighted by Crippen LogP contribution is -2.34. The lowest BCUT2D eigenvalue weighted by atomic mass is 9.85. The van der Waals surface area contributed by atoms with Crippen molar-refractivity contribution in [3.63, 3.8) is 0 Å². The summed E-state index contributed by atoms with van der Waals surface area (Å²) in [6.07, 6.45) is 6.06. The molecule has 0 saturated carbocycles. The minimum atomic E-state index is -0.300. The number of carbonyl (C=O) groups is 2. The van der Waals surface area contributed by atoms with Gasteiger partial charge in [-0.1, -0.05) is 69.3 Å². The van der Waals surface area contributed by atoms with Gasteiger partial charge in [0.2, 0.25) is 0 Å². The van der Waals surface area contributed by atoms with Gasteiger partial charge in [0.25, 0.3) is 0 Å². The molecule has 3 aromatic carbocycles. The van der Waals surface area contributed by atoms with E-state index in [1.165, 1.54) is 42.0 Å². The third-order valence-corrected chi connectivity index (χ3v) is 8.42. The fourth-order valence-corrected chi connectivity index (χ4v) is 5.93. The van der Waals surface area contributed by atoms with Gasteiger partial charge in [0.15, 0.2) is 0 Å². The monoisotopic (exact) mass is 585 g/mol. The number of benzene rings is 3. The molecular weight excluding hydrogens is 538 g/mol. The average molecular weight is 586 g/mol. The number of carbonyl (C=O) groups excluding carboxylic acids is 2. The molecule has 0 radical (unpaired) electrons. The Morgan fingerprint density at radius 2 is 1.72 bits per heavy atom. The van der Waals surface area contributed by atoms with Crippen LogP contribution in [-0.2, 0) is 39.1 Å². The molecule has 1 atom stereocenters. The molecule has 0 saturated heterocycles. The van der Waals surface area contributed by atoms with Crippen LogP contribution in [0.4, 0.5) is 0 Å². The molecule has 1 aliphatic rings. The van der Waals surface area contributed by atoms with E-state index in [1.54, 1.807) is 0 Å². The van der Waals surface area contributed by atoms with Crippen LogP contribution in [0.1, 0.15) is 97.1 Å². The van der Waals surface area contributed by atoms with Crippen molar-refractivity contribution < 1.29 is 23.8 Å². The van der Waals surface area contributed by atoms with Crippen LogP contribution in [-0.4, -0.2) is 44.1 Å². The molecule has 0 N–H and O–H groups in total. The maximum Gasteiger partial charge on any atom is 0.337 e. The van der Waals surface area contributed by atoms with Crippen molar-refractivity contribution in [3.8, 4) is 5.75 Å². The van der Waals surface area contributed by atoms with Gasteiger partial charge in [-0.2, -0.15) is 0 Å². The number of methoxy groups -OCH3 is 2. The zero-order chi connectivity index (χ0) is 30.8. The van der Waals surface area contributed by atoms with Gasteiger partial charge in [-0.05, 0) is 96.5 Å². The second kappa shape index (κ2) is 15.2. The number of hydrogen-bond donors (Lipinski definition) is 0. The number of nitrogens with zero attached hydrogens (tertiary/aromatic N) is 1. The van der Waals surface area contributed by atoms with E-state index in [1.807, 2.05) is 18.2 Å². The quantitative estimate of drug-likeness (QED) is 0.152. The predicted octanol–water partition coefficient (Wildman–Crippen LogP) is 7.62. The molecular formula is C37H47NO5. The van der Waals surface area contributed by atoms with Crippen LogP contribution in [0.3, 0.4) is 0 Å². The van der Waals surface area contributed by atoms with Crippen molar-refractivity contribution in [2.24, 2.45) is 0 Å². The Morgan fingerprint density at radius 1 is 0.907 bits per heavy atom. The number of aryl methyl sites for hydroxylation is 1. The van der Waals surface area contributed by atoms with E-state index in [0.717, 1.165) is 57.4 Å². The first-order valence-corrected chi connectivity index (χ1v) is 15.5. The highest BCUT2D eigenvalue weighted by atomic mass is 16.5. The number of ether oxygens (including phenoxy) is 3. The van der Waals surface area contributed by atoms with Gasteiger partial charge in [-0.15, -0.1) is 0 Å². The van der Waals surface area contributed by atoms with E-state index in [0.29, 0.717) is 18.6 Å². The van der Waals surface area contributed by atoms with Crippen molar-refractivity contribution in [2.75, 3.05) is 27.3 Å². The third-order valence-electron chi connectivity index (χ3n) is 8.42. The topological polar surface area (TPSA) is 65.1 Å². The van der Waals surface area contributed by atoms with Crippen LogP contribution in [0.25, 0.3) is 0 Å². The first-order valence-electron chi connectivity index (χ1n) is 15.5. The molecule has 0 fully saturated rings. The number of unbranched alkanes of at least 4 members (excludes halogenated alkanes) is 1. The molecule has 1 unspecified atom stereocenters. The van der Waals surface area contributed by atoms with Crippen LogP contribution in [0, 0.1) is 0 Å². The number of hydrogen-bond acceptors (Lipinski definition) is 6. The Hall–Kier alpha value is -3.64. The molecule has 43 heavy (non-hydrogen) atoms. The van der Waals surface area contributed by atoms with Gasteiger partial charge in [0, 0.05) is 19.0 Å². The number of fused-ring (bicyclic) bond motifs is 1. The summed E-state index contributed by atoms with van der Waals surface area (Å²) in [7, 11) is 2.86. The van der Waals surface area contributed by atoms with Crippen LogP contribution >= 0.6 is 0 Å². The van der Waals surface area contributed by atoms with E-state index < -0.39 is 0 Å². The first-order chi connectivity index (χ1) is 20.7. The van der Waals surface area contributed by atoms with E-state index in [2.05, 4.69) is 74.2 Å². The highest BCUT2D eigenvalue weighted by molar-refractivity contribution is 5.89. The Morgan fingerprint density at radius 3 is 2.49 bits per heavy atom. The zero-order valence-corrected chi connectivity index (χ0v) is 26.5. The number of esters is 2. The molecule has 230 valence electrons. The second-order valence-corrected chi connectivity index (χ2v) is 12.5. The maximum absolute atomic E-state index is 12.2. The molecule has 6 nitrogen and oxygen atoms in total. The highest BCUT2D eigenvalue weighted by Crippen LogP contribution is 2.36. The summed E-state index contributed by atoms with van der Waals surface area (Å²) in [5.41, 5.74) is 6.86. The first kappa shape index (κ1) is 32.3. The minimum absolute atomic E-state index is 0.0901. The normalized spacial score (nSPS) is 14.7. The molecule has 0 heterocycles. The van der Waals surface area contributed by atoms with E-state index >= 15 is 0 Å². The van der Waals surface area contributed by atoms with Gasteiger partial charge in [0.05, 0.1) is 19.8 Å². The van der Waals surface area contributed by atoms with Crippen molar-refractivity contribution in [1.29, 1.82) is 0 Å². The summed E-state index contributed by atoms with van der Waals surface area (Å²) in [5.74, 6) is 0.455. The fourth-order valence-electron chi connectivity index (χ4n) is 5.93.